The lowest BCUT2D eigenvalue weighted by atomic mass is 10.1. The average molecular weight is 235 g/mol. The second kappa shape index (κ2) is 4.28. The Morgan fingerprint density at radius 1 is 0.706 bits per heavy atom. The van der Waals surface area contributed by atoms with E-state index in [1.54, 1.807) is 0 Å². The number of rotatable bonds is 0. The molecule has 0 aliphatic carbocycles. The Morgan fingerprint density at radius 3 is 1.24 bits per heavy atom. The number of hydrogen-bond acceptors (Lipinski definition) is 2. The maximum atomic E-state index is 4.69. The van der Waals surface area contributed by atoms with Crippen LogP contribution in [0.1, 0.15) is 55.4 Å². The van der Waals surface area contributed by atoms with Crippen molar-refractivity contribution in [3.8, 4) is 0 Å². The molecule has 0 atom stereocenters. The van der Waals surface area contributed by atoms with Gasteiger partial charge in [0.15, 0.2) is 0 Å². The van der Waals surface area contributed by atoms with Crippen LogP contribution in [0.5, 0.6) is 0 Å². The van der Waals surface area contributed by atoms with E-state index in [4.69, 9.17) is 0 Å². The van der Waals surface area contributed by atoms with Crippen LogP contribution in [0.15, 0.2) is 21.1 Å². The van der Waals surface area contributed by atoms with E-state index >= 15 is 0 Å². The normalized spacial score (nSPS) is 22.6. The van der Waals surface area contributed by atoms with Gasteiger partial charge in [0, 0.05) is 0 Å². The topological polar surface area (TPSA) is 36.8 Å². The summed E-state index contributed by atoms with van der Waals surface area (Å²) in [5, 5.41) is 3.33. The van der Waals surface area contributed by atoms with Crippen LogP contribution in [-0.2, 0) is 0 Å². The molecule has 3 nitrogen and oxygen atoms in total. The predicted molar refractivity (Wildman–Crippen MR) is 75.9 cm³/mol. The van der Waals surface area contributed by atoms with E-state index in [2.05, 4.69) is 70.7 Å². The summed E-state index contributed by atoms with van der Waals surface area (Å²) >= 11 is 0. The monoisotopic (exact) mass is 235 g/mol. The van der Waals surface area contributed by atoms with Gasteiger partial charge in [0.05, 0.1) is 11.1 Å². The number of aliphatic imine (C=N–C) groups is 2. The highest BCUT2D eigenvalue weighted by Gasteiger charge is 2.24. The number of nitrogens with zero attached hydrogens (tertiary/aromatic N) is 2. The van der Waals surface area contributed by atoms with Crippen molar-refractivity contribution in [2.45, 2.75) is 66.5 Å². The molecule has 0 spiro atoms. The maximum Gasteiger partial charge on any atom is 0.130 e. The quantitative estimate of drug-likeness (QED) is 0.687. The Hall–Kier alpha value is -1.12. The lowest BCUT2D eigenvalue weighted by Crippen LogP contribution is -2.29. The SMILES string of the molecule is CC1=C(C)C(=NC(C)(C)C)NC1=NC(C)(C)C. The van der Waals surface area contributed by atoms with E-state index in [9.17, 15) is 0 Å². The van der Waals surface area contributed by atoms with Gasteiger partial charge in [-0.25, -0.2) is 0 Å². The minimum atomic E-state index is -0.0684. The molecule has 0 unspecified atom stereocenters. The molecule has 1 aliphatic heterocycles. The molecule has 17 heavy (non-hydrogen) atoms. The summed E-state index contributed by atoms with van der Waals surface area (Å²) in [6, 6.07) is 0. The van der Waals surface area contributed by atoms with Crippen LogP contribution >= 0.6 is 0 Å². The summed E-state index contributed by atoms with van der Waals surface area (Å²) in [5.74, 6) is 1.91. The molecule has 0 amide bonds. The second-order valence-electron chi connectivity index (χ2n) is 6.64. The molecular formula is C14H25N3. The van der Waals surface area contributed by atoms with Crippen LogP contribution < -0.4 is 5.32 Å². The van der Waals surface area contributed by atoms with Gasteiger partial charge in [-0.1, -0.05) is 0 Å². The molecule has 1 N–H and O–H groups in total. The van der Waals surface area contributed by atoms with Gasteiger partial charge in [-0.15, -0.1) is 0 Å². The molecule has 0 radical (unpaired) electrons. The Bertz CT molecular complexity index is 360. The first kappa shape index (κ1) is 13.9. The molecule has 0 aromatic rings. The third-order valence-electron chi connectivity index (χ3n) is 2.40. The molecule has 96 valence electrons. The van der Waals surface area contributed by atoms with Crippen LogP contribution in [0.3, 0.4) is 0 Å². The van der Waals surface area contributed by atoms with Crippen LogP contribution in [0, 0.1) is 0 Å². The fourth-order valence-electron chi connectivity index (χ4n) is 1.55. The van der Waals surface area contributed by atoms with Gasteiger partial charge in [-0.3, -0.25) is 9.98 Å². The lowest BCUT2D eigenvalue weighted by molar-refractivity contribution is 0.579. The minimum Gasteiger partial charge on any atom is -0.325 e. The van der Waals surface area contributed by atoms with E-state index in [-0.39, 0.29) is 11.1 Å². The van der Waals surface area contributed by atoms with E-state index in [1.807, 2.05) is 0 Å². The van der Waals surface area contributed by atoms with Crippen molar-refractivity contribution in [1.29, 1.82) is 0 Å². The number of amidine groups is 2. The smallest absolute Gasteiger partial charge is 0.130 e. The first-order valence-electron chi connectivity index (χ1n) is 6.14. The van der Waals surface area contributed by atoms with E-state index in [0.717, 1.165) is 11.7 Å². The number of nitrogens with one attached hydrogen (secondary N) is 1. The summed E-state index contributed by atoms with van der Waals surface area (Å²) < 4.78 is 0. The average Bonchev–Trinajstić information content (AvgIpc) is 2.28. The van der Waals surface area contributed by atoms with Crippen LogP contribution in [0.25, 0.3) is 0 Å². The fourth-order valence-corrected chi connectivity index (χ4v) is 1.55. The Labute approximate surface area is 105 Å². The Balaban J connectivity index is 3.10. The maximum absolute atomic E-state index is 4.69. The standard InChI is InChI=1S/C14H25N3/c1-9-10(2)12(17-14(6,7)8)15-11(9)16-13(3,4)5/h1-8H3,(H,15,16,17). The lowest BCUT2D eigenvalue weighted by Gasteiger charge is -2.16. The van der Waals surface area contributed by atoms with E-state index in [0.29, 0.717) is 0 Å². The van der Waals surface area contributed by atoms with E-state index < -0.39 is 0 Å². The van der Waals surface area contributed by atoms with Gasteiger partial charge in [0.1, 0.15) is 11.7 Å². The third-order valence-corrected chi connectivity index (χ3v) is 2.40. The highest BCUT2D eigenvalue weighted by Crippen LogP contribution is 2.19. The molecule has 0 bridgehead atoms. The summed E-state index contributed by atoms with van der Waals surface area (Å²) in [4.78, 5) is 9.37. The molecule has 1 heterocycles. The third kappa shape index (κ3) is 3.99. The summed E-state index contributed by atoms with van der Waals surface area (Å²) in [5.41, 5.74) is 2.26. The van der Waals surface area contributed by atoms with Crippen molar-refractivity contribution in [1.82, 2.24) is 5.32 Å². The minimum absolute atomic E-state index is 0.0684. The van der Waals surface area contributed by atoms with Crippen LogP contribution in [0.4, 0.5) is 0 Å². The molecule has 0 fully saturated rings. The summed E-state index contributed by atoms with van der Waals surface area (Å²) in [6.45, 7) is 16.8. The zero-order valence-corrected chi connectivity index (χ0v) is 12.4. The van der Waals surface area contributed by atoms with Crippen LogP contribution in [-0.4, -0.2) is 22.7 Å². The van der Waals surface area contributed by atoms with Gasteiger partial charge in [-0.2, -0.15) is 0 Å². The van der Waals surface area contributed by atoms with Crippen molar-refractivity contribution >= 4 is 11.7 Å². The first-order valence-corrected chi connectivity index (χ1v) is 6.14. The molecule has 0 aromatic carbocycles. The molecule has 0 saturated carbocycles. The van der Waals surface area contributed by atoms with Crippen molar-refractivity contribution < 1.29 is 0 Å². The zero-order valence-electron chi connectivity index (χ0n) is 12.4. The molecule has 3 heteroatoms. The fraction of sp³-hybridized carbons (Fsp3) is 0.714. The van der Waals surface area contributed by atoms with Gasteiger partial charge in [-0.05, 0) is 66.5 Å². The highest BCUT2D eigenvalue weighted by atomic mass is 15.1. The number of hydrogen-bond donors (Lipinski definition) is 1. The molecule has 0 saturated heterocycles. The van der Waals surface area contributed by atoms with Crippen molar-refractivity contribution in [3.63, 3.8) is 0 Å². The van der Waals surface area contributed by atoms with Gasteiger partial charge in [0.25, 0.3) is 0 Å². The van der Waals surface area contributed by atoms with Gasteiger partial charge in [0.2, 0.25) is 0 Å². The molecule has 1 rings (SSSR count). The summed E-state index contributed by atoms with van der Waals surface area (Å²) in [6.07, 6.45) is 0. The largest absolute Gasteiger partial charge is 0.325 e. The Kier molecular flexibility index (Phi) is 3.51. The predicted octanol–water partition coefficient (Wildman–Crippen LogP) is 3.32. The van der Waals surface area contributed by atoms with Crippen molar-refractivity contribution in [2.75, 3.05) is 0 Å². The molecule has 0 aromatic heterocycles. The van der Waals surface area contributed by atoms with Crippen molar-refractivity contribution in [3.05, 3.63) is 11.1 Å². The highest BCUT2D eigenvalue weighted by molar-refractivity contribution is 6.23. The zero-order chi connectivity index (χ0) is 13.4. The van der Waals surface area contributed by atoms with Crippen molar-refractivity contribution in [2.24, 2.45) is 9.98 Å². The van der Waals surface area contributed by atoms with Gasteiger partial charge < -0.3 is 5.32 Å². The summed E-state index contributed by atoms with van der Waals surface area (Å²) in [7, 11) is 0. The molecule has 1 aliphatic rings. The first-order chi connectivity index (χ1) is 7.49. The van der Waals surface area contributed by atoms with Gasteiger partial charge >= 0.3 is 0 Å². The Morgan fingerprint density at radius 2 is 1.00 bits per heavy atom. The van der Waals surface area contributed by atoms with E-state index in [1.165, 1.54) is 11.1 Å². The molecular weight excluding hydrogens is 210 g/mol. The second-order valence-corrected chi connectivity index (χ2v) is 6.64. The van der Waals surface area contributed by atoms with Crippen LogP contribution in [0.2, 0.25) is 0 Å².